The zero-order valence-electron chi connectivity index (χ0n) is 12.3. The first-order valence-corrected chi connectivity index (χ1v) is 7.68. The average molecular weight is 262 g/mol. The number of hydrogen-bond acceptors (Lipinski definition) is 3. The number of imidazole rings is 1. The normalized spacial score (nSPS) is 21.6. The Morgan fingerprint density at radius 1 is 1.32 bits per heavy atom. The molecule has 2 aliphatic rings. The Labute approximate surface area is 116 Å². The first-order valence-electron chi connectivity index (χ1n) is 7.68. The third kappa shape index (κ3) is 2.84. The minimum atomic E-state index is 0.912. The van der Waals surface area contributed by atoms with E-state index in [1.807, 2.05) is 0 Å². The summed E-state index contributed by atoms with van der Waals surface area (Å²) in [5, 5.41) is 3.41. The largest absolute Gasteiger partial charge is 0.332 e. The minimum absolute atomic E-state index is 0.912. The van der Waals surface area contributed by atoms with Crippen molar-refractivity contribution in [2.45, 2.75) is 45.7 Å². The highest BCUT2D eigenvalue weighted by Crippen LogP contribution is 2.22. The standard InChI is InChI=1S/C15H26N4/c1-12-17-14-11-16-7-3-15(14)19(12)10-6-13-4-8-18(2)9-5-13/h13,16H,3-11H2,1-2H3. The zero-order valence-corrected chi connectivity index (χ0v) is 12.3. The molecule has 1 aromatic heterocycles. The van der Waals surface area contributed by atoms with Crippen LogP contribution in [0.5, 0.6) is 0 Å². The highest BCUT2D eigenvalue weighted by atomic mass is 15.1. The number of likely N-dealkylation sites (tertiary alicyclic amines) is 1. The molecule has 1 aromatic rings. The molecule has 0 amide bonds. The maximum absolute atomic E-state index is 4.72. The molecule has 19 heavy (non-hydrogen) atoms. The summed E-state index contributed by atoms with van der Waals surface area (Å²) in [7, 11) is 2.24. The Bertz CT molecular complexity index is 430. The smallest absolute Gasteiger partial charge is 0.106 e. The van der Waals surface area contributed by atoms with E-state index in [1.165, 1.54) is 56.1 Å². The van der Waals surface area contributed by atoms with Crippen LogP contribution < -0.4 is 5.32 Å². The molecule has 0 unspecified atom stereocenters. The van der Waals surface area contributed by atoms with Crippen molar-refractivity contribution in [2.24, 2.45) is 5.92 Å². The van der Waals surface area contributed by atoms with Gasteiger partial charge >= 0.3 is 0 Å². The van der Waals surface area contributed by atoms with Crippen LogP contribution >= 0.6 is 0 Å². The predicted molar refractivity (Wildman–Crippen MR) is 77.2 cm³/mol. The maximum Gasteiger partial charge on any atom is 0.106 e. The van der Waals surface area contributed by atoms with Gasteiger partial charge in [-0.2, -0.15) is 0 Å². The molecule has 0 radical (unpaired) electrons. The number of piperidine rings is 1. The van der Waals surface area contributed by atoms with Crippen molar-refractivity contribution in [3.8, 4) is 0 Å². The second kappa shape index (κ2) is 5.63. The molecule has 1 fully saturated rings. The molecule has 3 heterocycles. The van der Waals surface area contributed by atoms with Crippen molar-refractivity contribution in [3.05, 3.63) is 17.2 Å². The molecule has 0 aromatic carbocycles. The Morgan fingerprint density at radius 3 is 2.89 bits per heavy atom. The zero-order chi connectivity index (χ0) is 13.2. The van der Waals surface area contributed by atoms with E-state index in [0.29, 0.717) is 0 Å². The van der Waals surface area contributed by atoms with E-state index < -0.39 is 0 Å². The number of fused-ring (bicyclic) bond motifs is 1. The molecule has 4 heteroatoms. The van der Waals surface area contributed by atoms with Crippen LogP contribution in [0.2, 0.25) is 0 Å². The number of nitrogens with zero attached hydrogens (tertiary/aromatic N) is 3. The molecular weight excluding hydrogens is 236 g/mol. The first kappa shape index (κ1) is 13.1. The van der Waals surface area contributed by atoms with E-state index in [9.17, 15) is 0 Å². The lowest BCUT2D eigenvalue weighted by Gasteiger charge is -2.29. The lowest BCUT2D eigenvalue weighted by molar-refractivity contribution is 0.207. The van der Waals surface area contributed by atoms with Gasteiger partial charge < -0.3 is 14.8 Å². The number of hydrogen-bond donors (Lipinski definition) is 1. The molecule has 4 nitrogen and oxygen atoms in total. The van der Waals surface area contributed by atoms with Crippen molar-refractivity contribution >= 4 is 0 Å². The van der Waals surface area contributed by atoms with Gasteiger partial charge in [0.25, 0.3) is 0 Å². The van der Waals surface area contributed by atoms with Gasteiger partial charge in [0, 0.05) is 31.7 Å². The van der Waals surface area contributed by atoms with Crippen LogP contribution in [0.1, 0.15) is 36.5 Å². The lowest BCUT2D eigenvalue weighted by Crippen LogP contribution is -2.31. The Kier molecular flexibility index (Phi) is 3.89. The monoisotopic (exact) mass is 262 g/mol. The topological polar surface area (TPSA) is 33.1 Å². The summed E-state index contributed by atoms with van der Waals surface area (Å²) in [5.74, 6) is 2.12. The number of aryl methyl sites for hydroxylation is 1. The van der Waals surface area contributed by atoms with Crippen molar-refractivity contribution < 1.29 is 0 Å². The highest BCUT2D eigenvalue weighted by molar-refractivity contribution is 5.19. The summed E-state index contributed by atoms with van der Waals surface area (Å²) in [4.78, 5) is 7.17. The number of aromatic nitrogens is 2. The Balaban J connectivity index is 1.62. The number of rotatable bonds is 3. The highest BCUT2D eigenvalue weighted by Gasteiger charge is 2.20. The molecule has 0 atom stereocenters. The summed E-state index contributed by atoms with van der Waals surface area (Å²) in [6.07, 6.45) is 5.20. The fourth-order valence-electron chi connectivity index (χ4n) is 3.46. The predicted octanol–water partition coefficient (Wildman–Crippen LogP) is 1.57. The fourth-order valence-corrected chi connectivity index (χ4v) is 3.46. The molecule has 0 bridgehead atoms. The molecule has 3 rings (SSSR count). The molecule has 2 aliphatic heterocycles. The summed E-state index contributed by atoms with van der Waals surface area (Å²) in [5.41, 5.74) is 2.77. The summed E-state index contributed by atoms with van der Waals surface area (Å²) in [6.45, 7) is 7.93. The van der Waals surface area contributed by atoms with Gasteiger partial charge in [0.15, 0.2) is 0 Å². The molecule has 106 valence electrons. The van der Waals surface area contributed by atoms with Crippen LogP contribution in [0.25, 0.3) is 0 Å². The molecular formula is C15H26N4. The van der Waals surface area contributed by atoms with Crippen molar-refractivity contribution in [3.63, 3.8) is 0 Å². The summed E-state index contributed by atoms with van der Waals surface area (Å²) >= 11 is 0. The SMILES string of the molecule is Cc1nc2c(n1CCC1CCN(C)CC1)CCNC2. The molecule has 0 saturated carbocycles. The van der Waals surface area contributed by atoms with Crippen LogP contribution in [-0.4, -0.2) is 41.1 Å². The van der Waals surface area contributed by atoms with Crippen LogP contribution in [-0.2, 0) is 19.5 Å². The van der Waals surface area contributed by atoms with Gasteiger partial charge in [0.1, 0.15) is 5.82 Å². The van der Waals surface area contributed by atoms with Crippen molar-refractivity contribution in [1.29, 1.82) is 0 Å². The second-order valence-electron chi connectivity index (χ2n) is 6.17. The van der Waals surface area contributed by atoms with E-state index in [1.54, 1.807) is 0 Å². The van der Waals surface area contributed by atoms with Gasteiger partial charge in [0.2, 0.25) is 0 Å². The van der Waals surface area contributed by atoms with Crippen molar-refractivity contribution in [1.82, 2.24) is 19.8 Å². The van der Waals surface area contributed by atoms with Gasteiger partial charge in [0.05, 0.1) is 5.69 Å². The van der Waals surface area contributed by atoms with Crippen LogP contribution in [0.15, 0.2) is 0 Å². The Hall–Kier alpha value is -0.870. The summed E-state index contributed by atoms with van der Waals surface area (Å²) < 4.78 is 2.48. The van der Waals surface area contributed by atoms with Gasteiger partial charge in [-0.15, -0.1) is 0 Å². The van der Waals surface area contributed by atoms with Gasteiger partial charge in [-0.25, -0.2) is 4.98 Å². The summed E-state index contributed by atoms with van der Waals surface area (Å²) in [6, 6.07) is 0. The quantitative estimate of drug-likeness (QED) is 0.897. The second-order valence-corrected chi connectivity index (χ2v) is 6.17. The van der Waals surface area contributed by atoms with E-state index in [4.69, 9.17) is 4.98 Å². The van der Waals surface area contributed by atoms with Crippen LogP contribution in [0, 0.1) is 12.8 Å². The number of nitrogens with one attached hydrogen (secondary N) is 1. The van der Waals surface area contributed by atoms with E-state index >= 15 is 0 Å². The first-order chi connectivity index (χ1) is 9.24. The van der Waals surface area contributed by atoms with Gasteiger partial charge in [-0.1, -0.05) is 0 Å². The minimum Gasteiger partial charge on any atom is -0.332 e. The Morgan fingerprint density at radius 2 is 2.11 bits per heavy atom. The maximum atomic E-state index is 4.72. The molecule has 0 spiro atoms. The van der Waals surface area contributed by atoms with Crippen LogP contribution in [0.3, 0.4) is 0 Å². The van der Waals surface area contributed by atoms with Gasteiger partial charge in [-0.05, 0) is 52.2 Å². The van der Waals surface area contributed by atoms with Crippen LogP contribution in [0.4, 0.5) is 0 Å². The third-order valence-electron chi connectivity index (χ3n) is 4.78. The van der Waals surface area contributed by atoms with E-state index in [0.717, 1.165) is 25.4 Å². The fraction of sp³-hybridized carbons (Fsp3) is 0.800. The van der Waals surface area contributed by atoms with E-state index in [2.05, 4.69) is 28.8 Å². The lowest BCUT2D eigenvalue weighted by atomic mass is 9.94. The van der Waals surface area contributed by atoms with Gasteiger partial charge in [-0.3, -0.25) is 0 Å². The molecule has 0 aliphatic carbocycles. The van der Waals surface area contributed by atoms with E-state index in [-0.39, 0.29) is 0 Å². The molecule has 1 saturated heterocycles. The third-order valence-corrected chi connectivity index (χ3v) is 4.78. The average Bonchev–Trinajstić information content (AvgIpc) is 2.74. The molecule has 1 N–H and O–H groups in total. The van der Waals surface area contributed by atoms with Crippen molar-refractivity contribution in [2.75, 3.05) is 26.7 Å².